The van der Waals surface area contributed by atoms with Crippen molar-refractivity contribution in [3.63, 3.8) is 0 Å². The van der Waals surface area contributed by atoms with Crippen molar-refractivity contribution >= 4 is 23.7 Å². The molecule has 3 saturated heterocycles. The number of hydrogen-bond donors (Lipinski definition) is 3. The van der Waals surface area contributed by atoms with Gasteiger partial charge in [0.2, 0.25) is 17.7 Å². The monoisotopic (exact) mass is 396 g/mol. The summed E-state index contributed by atoms with van der Waals surface area (Å²) in [6, 6.07) is -3.27. The number of carbonyl (C=O) groups is 4. The van der Waals surface area contributed by atoms with Gasteiger partial charge in [-0.15, -0.1) is 0 Å². The summed E-state index contributed by atoms with van der Waals surface area (Å²) in [5.74, 6) is -2.10. The van der Waals surface area contributed by atoms with E-state index in [-0.39, 0.29) is 11.8 Å². The third kappa shape index (κ3) is 3.70. The van der Waals surface area contributed by atoms with Gasteiger partial charge in [0.1, 0.15) is 24.2 Å². The lowest BCUT2D eigenvalue weighted by atomic mass is 10.1. The number of aliphatic hydroxyl groups is 1. The lowest BCUT2D eigenvalue weighted by molar-refractivity contribution is -0.153. The van der Waals surface area contributed by atoms with Gasteiger partial charge in [0.25, 0.3) is 0 Å². The average molecular weight is 396 g/mol. The van der Waals surface area contributed by atoms with Crippen LogP contribution in [0.3, 0.4) is 0 Å². The molecule has 3 fully saturated rings. The number of nitrogens with zero attached hydrogens (tertiary/aromatic N) is 3. The first-order chi connectivity index (χ1) is 13.4. The van der Waals surface area contributed by atoms with Crippen LogP contribution in [0.2, 0.25) is 0 Å². The maximum absolute atomic E-state index is 13.2. The van der Waals surface area contributed by atoms with Gasteiger partial charge in [0.15, 0.2) is 0 Å². The number of aliphatic hydroxyl groups excluding tert-OH is 1. The van der Waals surface area contributed by atoms with Crippen molar-refractivity contribution in [3.05, 3.63) is 0 Å². The Morgan fingerprint density at radius 1 is 0.821 bits per heavy atom. The van der Waals surface area contributed by atoms with Gasteiger partial charge in [-0.1, -0.05) is 0 Å². The van der Waals surface area contributed by atoms with Crippen LogP contribution in [0.1, 0.15) is 38.5 Å². The summed E-state index contributed by atoms with van der Waals surface area (Å²) >= 11 is 0. The van der Waals surface area contributed by atoms with Gasteiger partial charge < -0.3 is 30.6 Å². The van der Waals surface area contributed by atoms with Crippen LogP contribution in [0.15, 0.2) is 0 Å². The fraction of sp³-hybridized carbons (Fsp3) is 0.778. The Kier molecular flexibility index (Phi) is 6.19. The van der Waals surface area contributed by atoms with E-state index in [4.69, 9.17) is 10.8 Å². The van der Waals surface area contributed by atoms with Crippen molar-refractivity contribution in [1.82, 2.24) is 14.7 Å². The second kappa shape index (κ2) is 8.44. The fourth-order valence-corrected chi connectivity index (χ4v) is 4.54. The number of nitrogens with two attached hydrogens (primary N) is 1. The van der Waals surface area contributed by atoms with E-state index in [0.717, 1.165) is 0 Å². The van der Waals surface area contributed by atoms with Gasteiger partial charge in [-0.05, 0) is 38.5 Å². The summed E-state index contributed by atoms with van der Waals surface area (Å²) in [6.07, 6.45) is 3.34. The van der Waals surface area contributed by atoms with Crippen molar-refractivity contribution in [2.45, 2.75) is 62.7 Å². The molecule has 0 aromatic carbocycles. The minimum Gasteiger partial charge on any atom is -0.480 e. The zero-order chi connectivity index (χ0) is 20.4. The molecule has 3 rings (SSSR count). The molecule has 28 heavy (non-hydrogen) atoms. The van der Waals surface area contributed by atoms with Crippen LogP contribution in [-0.4, -0.2) is 99.0 Å². The number of carboxylic acids is 1. The summed E-state index contributed by atoms with van der Waals surface area (Å²) in [5, 5.41) is 18.5. The van der Waals surface area contributed by atoms with Crippen LogP contribution in [0.4, 0.5) is 0 Å². The highest BCUT2D eigenvalue weighted by molar-refractivity contribution is 5.95. The van der Waals surface area contributed by atoms with Gasteiger partial charge in [-0.3, -0.25) is 14.4 Å². The molecule has 4 N–H and O–H groups in total. The highest BCUT2D eigenvalue weighted by atomic mass is 16.4. The van der Waals surface area contributed by atoms with E-state index in [0.29, 0.717) is 58.2 Å². The summed E-state index contributed by atoms with van der Waals surface area (Å²) in [4.78, 5) is 54.2. The molecule has 0 aliphatic carbocycles. The molecule has 3 heterocycles. The number of likely N-dealkylation sites (tertiary alicyclic amines) is 3. The second-order valence-electron chi connectivity index (χ2n) is 7.70. The molecule has 4 atom stereocenters. The molecule has 0 spiro atoms. The summed E-state index contributed by atoms with van der Waals surface area (Å²) in [6.45, 7) is 0.689. The van der Waals surface area contributed by atoms with E-state index in [1.54, 1.807) is 0 Å². The summed E-state index contributed by atoms with van der Waals surface area (Å²) < 4.78 is 0. The maximum Gasteiger partial charge on any atom is 0.326 e. The minimum atomic E-state index is -1.06. The number of amides is 3. The Balaban J connectivity index is 1.73. The molecule has 10 nitrogen and oxygen atoms in total. The number of rotatable bonds is 5. The predicted octanol–water partition coefficient (Wildman–Crippen LogP) is -1.64. The molecule has 0 bridgehead atoms. The Hall–Kier alpha value is -2.20. The molecule has 0 aromatic rings. The maximum atomic E-state index is 13.2. The average Bonchev–Trinajstić information content (AvgIpc) is 3.44. The molecule has 3 aliphatic rings. The van der Waals surface area contributed by atoms with E-state index in [9.17, 15) is 24.3 Å². The Morgan fingerprint density at radius 2 is 1.25 bits per heavy atom. The smallest absolute Gasteiger partial charge is 0.326 e. The van der Waals surface area contributed by atoms with Crippen LogP contribution >= 0.6 is 0 Å². The highest BCUT2D eigenvalue weighted by Crippen LogP contribution is 2.28. The van der Waals surface area contributed by atoms with Crippen LogP contribution < -0.4 is 5.73 Å². The molecule has 3 amide bonds. The van der Waals surface area contributed by atoms with E-state index in [2.05, 4.69) is 0 Å². The van der Waals surface area contributed by atoms with Crippen molar-refractivity contribution in [1.29, 1.82) is 0 Å². The van der Waals surface area contributed by atoms with E-state index < -0.39 is 42.7 Å². The van der Waals surface area contributed by atoms with Crippen LogP contribution in [0.5, 0.6) is 0 Å². The standard InChI is InChI=1S/C18H28N4O6/c19-11(10-23)15(24)20-7-1-4-12(20)16(25)21-8-2-5-13(21)17(26)22-9-3-6-14(22)18(27)28/h11-14,23H,1-10,19H2,(H,27,28)/t11-,12-,13-,14-/m0/s1. The van der Waals surface area contributed by atoms with Crippen LogP contribution in [0.25, 0.3) is 0 Å². The molecule has 0 unspecified atom stereocenters. The molecule has 0 aromatic heterocycles. The zero-order valence-electron chi connectivity index (χ0n) is 15.8. The lowest BCUT2D eigenvalue weighted by Gasteiger charge is -2.34. The number of aliphatic carboxylic acids is 1. The Labute approximate surface area is 163 Å². The fourth-order valence-electron chi connectivity index (χ4n) is 4.54. The first-order valence-corrected chi connectivity index (χ1v) is 9.87. The van der Waals surface area contributed by atoms with Crippen molar-refractivity contribution < 1.29 is 29.4 Å². The van der Waals surface area contributed by atoms with Gasteiger partial charge in [0, 0.05) is 19.6 Å². The largest absolute Gasteiger partial charge is 0.480 e. The number of hydrogen-bond acceptors (Lipinski definition) is 6. The predicted molar refractivity (Wildman–Crippen MR) is 96.9 cm³/mol. The van der Waals surface area contributed by atoms with Crippen molar-refractivity contribution in [2.24, 2.45) is 5.73 Å². The van der Waals surface area contributed by atoms with E-state index >= 15 is 0 Å². The van der Waals surface area contributed by atoms with Gasteiger partial charge >= 0.3 is 5.97 Å². The van der Waals surface area contributed by atoms with Crippen LogP contribution in [-0.2, 0) is 19.2 Å². The quantitative estimate of drug-likeness (QED) is 0.506. The molecule has 10 heteroatoms. The number of carboxylic acid groups (broad SMARTS) is 1. The zero-order valence-corrected chi connectivity index (χ0v) is 15.8. The van der Waals surface area contributed by atoms with Gasteiger partial charge in [-0.25, -0.2) is 4.79 Å². The molecule has 156 valence electrons. The third-order valence-electron chi connectivity index (χ3n) is 5.98. The first kappa shape index (κ1) is 20.5. The molecule has 0 saturated carbocycles. The highest BCUT2D eigenvalue weighted by Gasteiger charge is 2.45. The van der Waals surface area contributed by atoms with Crippen LogP contribution in [0, 0.1) is 0 Å². The Morgan fingerprint density at radius 3 is 1.75 bits per heavy atom. The minimum absolute atomic E-state index is 0.294. The van der Waals surface area contributed by atoms with E-state index in [1.165, 1.54) is 14.7 Å². The van der Waals surface area contributed by atoms with Gasteiger partial charge in [-0.2, -0.15) is 0 Å². The second-order valence-corrected chi connectivity index (χ2v) is 7.70. The molecule has 3 aliphatic heterocycles. The lowest BCUT2D eigenvalue weighted by Crippen LogP contribution is -2.56. The third-order valence-corrected chi connectivity index (χ3v) is 5.98. The SMILES string of the molecule is N[C@@H](CO)C(=O)N1CCC[C@H]1C(=O)N1CCC[C@H]1C(=O)N1CCC[C@H]1C(=O)O. The molecular formula is C18H28N4O6. The van der Waals surface area contributed by atoms with Crippen molar-refractivity contribution in [3.8, 4) is 0 Å². The topological polar surface area (TPSA) is 144 Å². The Bertz CT molecular complexity index is 656. The van der Waals surface area contributed by atoms with E-state index in [1.807, 2.05) is 0 Å². The normalized spacial score (nSPS) is 28.6. The first-order valence-electron chi connectivity index (χ1n) is 9.87. The van der Waals surface area contributed by atoms with Crippen molar-refractivity contribution in [2.75, 3.05) is 26.2 Å². The summed E-state index contributed by atoms with van der Waals surface area (Å²) in [7, 11) is 0. The van der Waals surface area contributed by atoms with Gasteiger partial charge in [0.05, 0.1) is 6.61 Å². The molecule has 0 radical (unpaired) electrons. The summed E-state index contributed by atoms with van der Waals surface area (Å²) in [5.41, 5.74) is 5.63. The molecular weight excluding hydrogens is 368 g/mol. The number of carbonyl (C=O) groups excluding carboxylic acids is 3.